The van der Waals surface area contributed by atoms with Crippen molar-refractivity contribution in [2.24, 2.45) is 5.16 Å². The van der Waals surface area contributed by atoms with E-state index in [4.69, 9.17) is 4.74 Å². The Morgan fingerprint density at radius 2 is 1.62 bits per heavy atom. The molecule has 1 aromatic rings. The number of carbonyl (C=O) groups is 1. The van der Waals surface area contributed by atoms with Crippen molar-refractivity contribution in [3.63, 3.8) is 0 Å². The fourth-order valence-electron chi connectivity index (χ4n) is 2.13. The Kier molecular flexibility index (Phi) is 5.35. The molecule has 2 rings (SSSR count). The summed E-state index contributed by atoms with van der Waals surface area (Å²) < 4.78 is 31.4. The van der Waals surface area contributed by atoms with E-state index in [1.54, 1.807) is 55.7 Å². The van der Waals surface area contributed by atoms with Crippen LogP contribution in [0.1, 0.15) is 12.5 Å². The summed E-state index contributed by atoms with van der Waals surface area (Å²) in [6, 6.07) is 7.17. The number of Topliss-reactive ketones (excluding diaryl/α,β-unsaturated/α-hetero) is 1. The second-order valence-electron chi connectivity index (χ2n) is 5.08. The van der Waals surface area contributed by atoms with Crippen LogP contribution in [-0.4, -0.2) is 33.3 Å². The molecule has 0 amide bonds. The third kappa shape index (κ3) is 4.66. The second kappa shape index (κ2) is 7.27. The maximum atomic E-state index is 12.0. The first-order chi connectivity index (χ1) is 11.3. The Labute approximate surface area is 140 Å². The number of rotatable bonds is 5. The third-order valence-corrected chi connectivity index (χ3v) is 3.51. The van der Waals surface area contributed by atoms with Crippen molar-refractivity contribution in [2.45, 2.75) is 6.92 Å². The smallest absolute Gasteiger partial charge is 0.325 e. The molecule has 24 heavy (non-hydrogen) atoms. The number of ketones is 1. The molecule has 0 fully saturated rings. The summed E-state index contributed by atoms with van der Waals surface area (Å²) in [6.45, 7) is 1.49. The van der Waals surface area contributed by atoms with Crippen LogP contribution in [0.2, 0.25) is 0 Å². The van der Waals surface area contributed by atoms with Crippen molar-refractivity contribution in [2.75, 3.05) is 13.4 Å². The van der Waals surface area contributed by atoms with E-state index in [0.29, 0.717) is 22.6 Å². The van der Waals surface area contributed by atoms with Gasteiger partial charge >= 0.3 is 10.1 Å². The van der Waals surface area contributed by atoms with Crippen LogP contribution in [0.3, 0.4) is 0 Å². The molecule has 1 aromatic carbocycles. The lowest BCUT2D eigenvalue weighted by atomic mass is 9.94. The summed E-state index contributed by atoms with van der Waals surface area (Å²) in [5, 5.41) is 3.52. The van der Waals surface area contributed by atoms with Gasteiger partial charge in [0.2, 0.25) is 0 Å². The fourth-order valence-corrected chi connectivity index (χ4v) is 2.35. The zero-order valence-corrected chi connectivity index (χ0v) is 14.3. The van der Waals surface area contributed by atoms with Gasteiger partial charge in [-0.15, -0.1) is 0 Å². The summed E-state index contributed by atoms with van der Waals surface area (Å²) in [4.78, 5) is 12.0. The highest BCUT2D eigenvalue weighted by atomic mass is 32.2. The molecule has 0 atom stereocenters. The van der Waals surface area contributed by atoms with Crippen LogP contribution in [0.15, 0.2) is 59.3 Å². The van der Waals surface area contributed by atoms with Gasteiger partial charge in [-0.2, -0.15) is 8.42 Å². The number of methoxy groups -OCH3 is 1. The number of nitrogens with zero attached hydrogens (tertiary/aromatic N) is 1. The Morgan fingerprint density at radius 1 is 1.04 bits per heavy atom. The van der Waals surface area contributed by atoms with Crippen molar-refractivity contribution in [1.29, 1.82) is 0 Å². The molecular formula is C17H17NO5S. The number of oxime groups is 1. The predicted octanol–water partition coefficient (Wildman–Crippen LogP) is 2.50. The average Bonchev–Trinajstić information content (AvgIpc) is 2.54. The Balaban J connectivity index is 2.34. The van der Waals surface area contributed by atoms with E-state index >= 15 is 0 Å². The molecule has 0 aliphatic heterocycles. The molecule has 0 heterocycles. The number of ether oxygens (including phenoxy) is 1. The largest absolute Gasteiger partial charge is 0.497 e. The quantitative estimate of drug-likeness (QED) is 0.604. The van der Waals surface area contributed by atoms with Crippen LogP contribution in [-0.2, 0) is 19.2 Å². The van der Waals surface area contributed by atoms with Crippen molar-refractivity contribution in [1.82, 2.24) is 0 Å². The maximum Gasteiger partial charge on any atom is 0.325 e. The topological polar surface area (TPSA) is 82.0 Å². The minimum atomic E-state index is -3.65. The van der Waals surface area contributed by atoms with E-state index in [2.05, 4.69) is 9.44 Å². The Morgan fingerprint density at radius 3 is 2.08 bits per heavy atom. The minimum absolute atomic E-state index is 0.0859. The highest BCUT2D eigenvalue weighted by molar-refractivity contribution is 7.85. The second-order valence-corrected chi connectivity index (χ2v) is 6.63. The fraction of sp³-hybridized carbons (Fsp3) is 0.176. The van der Waals surface area contributed by atoms with E-state index < -0.39 is 10.1 Å². The molecule has 0 saturated heterocycles. The maximum absolute atomic E-state index is 12.0. The highest BCUT2D eigenvalue weighted by Crippen LogP contribution is 2.25. The molecule has 0 radical (unpaired) electrons. The molecule has 0 aromatic heterocycles. The van der Waals surface area contributed by atoms with Gasteiger partial charge in [-0.25, -0.2) is 0 Å². The molecule has 1 aliphatic rings. The van der Waals surface area contributed by atoms with Crippen LogP contribution in [0.25, 0.3) is 5.57 Å². The van der Waals surface area contributed by atoms with E-state index in [9.17, 15) is 13.2 Å². The number of hydrogen-bond acceptors (Lipinski definition) is 6. The van der Waals surface area contributed by atoms with Gasteiger partial charge in [-0.05, 0) is 42.3 Å². The van der Waals surface area contributed by atoms with Gasteiger partial charge in [0.05, 0.1) is 13.4 Å². The van der Waals surface area contributed by atoms with Crippen LogP contribution in [0.4, 0.5) is 0 Å². The molecule has 126 valence electrons. The molecular weight excluding hydrogens is 330 g/mol. The van der Waals surface area contributed by atoms with Crippen LogP contribution in [0, 0.1) is 0 Å². The minimum Gasteiger partial charge on any atom is -0.497 e. The van der Waals surface area contributed by atoms with E-state index in [-0.39, 0.29) is 5.78 Å². The van der Waals surface area contributed by atoms with E-state index in [1.807, 2.05) is 0 Å². The molecule has 7 heteroatoms. The van der Waals surface area contributed by atoms with Crippen LogP contribution >= 0.6 is 0 Å². The van der Waals surface area contributed by atoms with Gasteiger partial charge in [-0.3, -0.25) is 9.08 Å². The summed E-state index contributed by atoms with van der Waals surface area (Å²) in [5.74, 6) is 0.617. The first-order valence-electron chi connectivity index (χ1n) is 7.02. The number of benzene rings is 1. The van der Waals surface area contributed by atoms with Crippen molar-refractivity contribution in [3.05, 3.63) is 59.7 Å². The lowest BCUT2D eigenvalue weighted by Crippen LogP contribution is -2.04. The highest BCUT2D eigenvalue weighted by Gasteiger charge is 2.13. The third-order valence-electron chi connectivity index (χ3n) is 3.16. The van der Waals surface area contributed by atoms with Gasteiger partial charge in [0.25, 0.3) is 0 Å². The average molecular weight is 347 g/mol. The molecule has 0 N–H and O–H groups in total. The first-order valence-corrected chi connectivity index (χ1v) is 8.84. The molecule has 6 nitrogen and oxygen atoms in total. The van der Waals surface area contributed by atoms with E-state index in [0.717, 1.165) is 11.8 Å². The Bertz CT molecular complexity index is 841. The molecule has 1 aliphatic carbocycles. The molecule has 0 unspecified atom stereocenters. The molecule has 0 spiro atoms. The number of hydrogen-bond donors (Lipinski definition) is 0. The lowest BCUT2D eigenvalue weighted by Gasteiger charge is -2.11. The lowest BCUT2D eigenvalue weighted by molar-refractivity contribution is -0.111. The summed E-state index contributed by atoms with van der Waals surface area (Å²) in [5.41, 5.74) is 2.35. The zero-order valence-electron chi connectivity index (χ0n) is 13.5. The molecule has 0 bridgehead atoms. The predicted molar refractivity (Wildman–Crippen MR) is 92.2 cm³/mol. The van der Waals surface area contributed by atoms with Crippen LogP contribution in [0.5, 0.6) is 5.75 Å². The van der Waals surface area contributed by atoms with Gasteiger partial charge in [0.15, 0.2) is 5.78 Å². The summed E-state index contributed by atoms with van der Waals surface area (Å²) >= 11 is 0. The van der Waals surface area contributed by atoms with E-state index in [1.165, 1.54) is 6.92 Å². The summed E-state index contributed by atoms with van der Waals surface area (Å²) in [6.07, 6.45) is 7.44. The monoisotopic (exact) mass is 347 g/mol. The van der Waals surface area contributed by atoms with Gasteiger partial charge < -0.3 is 4.74 Å². The first kappa shape index (κ1) is 17.7. The Hall–Kier alpha value is -2.67. The van der Waals surface area contributed by atoms with Gasteiger partial charge in [0.1, 0.15) is 11.5 Å². The van der Waals surface area contributed by atoms with Crippen molar-refractivity contribution >= 4 is 27.2 Å². The van der Waals surface area contributed by atoms with Gasteiger partial charge in [0, 0.05) is 5.57 Å². The summed E-state index contributed by atoms with van der Waals surface area (Å²) in [7, 11) is -2.07. The molecule has 0 saturated carbocycles. The van der Waals surface area contributed by atoms with Crippen LogP contribution < -0.4 is 4.74 Å². The van der Waals surface area contributed by atoms with Crippen molar-refractivity contribution < 1.29 is 22.2 Å². The zero-order chi connectivity index (χ0) is 17.7. The standard InChI is InChI=1S/C17H17NO5S/c1-12(19)17(14-6-10-16(22-2)11-7-14)13-4-8-15(9-5-13)18-23-24(3,20)21/h4-11H,1-3H3. The normalized spacial score (nSPS) is 13.6. The van der Waals surface area contributed by atoms with Crippen molar-refractivity contribution in [3.8, 4) is 5.75 Å². The SMILES string of the molecule is COc1ccc(C(C(C)=O)=C2C=CC(=NOS(C)(=O)=O)C=C2)cc1. The number of allylic oxidation sites excluding steroid dienone is 6. The van der Waals surface area contributed by atoms with Gasteiger partial charge in [-0.1, -0.05) is 29.4 Å². The number of carbonyl (C=O) groups excluding carboxylic acids is 1.